The first kappa shape index (κ1) is 11.3. The lowest BCUT2D eigenvalue weighted by Gasteiger charge is -2.44. The van der Waals surface area contributed by atoms with Gasteiger partial charge in [-0.2, -0.15) is 0 Å². The van der Waals surface area contributed by atoms with E-state index < -0.39 is 0 Å². The van der Waals surface area contributed by atoms with Crippen LogP contribution in [0.4, 0.5) is 0 Å². The molecule has 1 amide bonds. The highest BCUT2D eigenvalue weighted by molar-refractivity contribution is 6.30. The van der Waals surface area contributed by atoms with E-state index in [1.165, 1.54) is 32.1 Å². The lowest BCUT2D eigenvalue weighted by Crippen LogP contribution is -2.51. The third kappa shape index (κ3) is 2.30. The van der Waals surface area contributed by atoms with Crippen LogP contribution in [0.1, 0.15) is 45.4 Å². The molecule has 0 unspecified atom stereocenters. The molecule has 1 aliphatic carbocycles. The summed E-state index contributed by atoms with van der Waals surface area (Å²) < 4.78 is 0. The normalized spacial score (nSPS) is 33.3. The number of rotatable bonds is 1. The van der Waals surface area contributed by atoms with Crippen LogP contribution in [-0.4, -0.2) is 28.8 Å². The van der Waals surface area contributed by atoms with Crippen molar-refractivity contribution in [1.29, 1.82) is 0 Å². The van der Waals surface area contributed by atoms with E-state index in [1.54, 1.807) is 6.92 Å². The Hall–Kier alpha value is -0.240. The molecule has 15 heavy (non-hydrogen) atoms. The topological polar surface area (TPSA) is 20.3 Å². The van der Waals surface area contributed by atoms with E-state index in [1.807, 2.05) is 0 Å². The summed E-state index contributed by atoms with van der Waals surface area (Å²) in [7, 11) is 0. The minimum atomic E-state index is -0.356. The van der Waals surface area contributed by atoms with E-state index in [-0.39, 0.29) is 11.3 Å². The Morgan fingerprint density at radius 2 is 1.93 bits per heavy atom. The van der Waals surface area contributed by atoms with E-state index >= 15 is 0 Å². The Morgan fingerprint density at radius 3 is 2.67 bits per heavy atom. The van der Waals surface area contributed by atoms with Gasteiger partial charge in [-0.3, -0.25) is 4.79 Å². The average Bonchev–Trinajstić information content (AvgIpc) is 2.27. The molecule has 0 aromatic rings. The summed E-state index contributed by atoms with van der Waals surface area (Å²) >= 11 is 5.90. The van der Waals surface area contributed by atoms with E-state index in [9.17, 15) is 4.79 Å². The summed E-state index contributed by atoms with van der Waals surface area (Å²) in [6.45, 7) is 2.72. The minimum Gasteiger partial charge on any atom is -0.338 e. The second-order valence-electron chi connectivity index (χ2n) is 4.90. The fourth-order valence-electron chi connectivity index (χ4n) is 3.13. The number of carbonyl (C=O) groups is 1. The summed E-state index contributed by atoms with van der Waals surface area (Å²) in [6, 6.07) is 0.501. The SMILES string of the molecule is C[C@H](Cl)C(=O)N1CCC[C@@H]2CCCC[C@@H]21. The van der Waals surface area contributed by atoms with Crippen LogP contribution in [0.15, 0.2) is 0 Å². The molecule has 1 aliphatic heterocycles. The summed E-state index contributed by atoms with van der Waals surface area (Å²) in [5.41, 5.74) is 0. The molecule has 0 aromatic heterocycles. The maximum absolute atomic E-state index is 11.9. The highest BCUT2D eigenvalue weighted by Gasteiger charge is 2.36. The van der Waals surface area contributed by atoms with Crippen molar-refractivity contribution in [3.63, 3.8) is 0 Å². The molecular weight excluding hydrogens is 210 g/mol. The van der Waals surface area contributed by atoms with Gasteiger partial charge < -0.3 is 4.90 Å². The molecule has 2 nitrogen and oxygen atoms in total. The summed E-state index contributed by atoms with van der Waals surface area (Å²) in [4.78, 5) is 14.0. The maximum Gasteiger partial charge on any atom is 0.240 e. The molecule has 2 fully saturated rings. The highest BCUT2D eigenvalue weighted by atomic mass is 35.5. The van der Waals surface area contributed by atoms with Gasteiger partial charge in [-0.15, -0.1) is 11.6 Å². The number of hydrogen-bond donors (Lipinski definition) is 0. The molecule has 0 aromatic carbocycles. The van der Waals surface area contributed by atoms with Crippen LogP contribution in [0.25, 0.3) is 0 Å². The van der Waals surface area contributed by atoms with Crippen molar-refractivity contribution in [3.8, 4) is 0 Å². The van der Waals surface area contributed by atoms with Crippen LogP contribution in [0.2, 0.25) is 0 Å². The second-order valence-corrected chi connectivity index (χ2v) is 5.56. The third-order valence-corrected chi connectivity index (χ3v) is 4.05. The summed E-state index contributed by atoms with van der Waals surface area (Å²) in [5.74, 6) is 0.903. The predicted octanol–water partition coefficient (Wildman–Crippen LogP) is 2.79. The molecule has 0 N–H and O–H groups in total. The molecule has 0 spiro atoms. The number of fused-ring (bicyclic) bond motifs is 1. The van der Waals surface area contributed by atoms with Gasteiger partial charge in [-0.1, -0.05) is 12.8 Å². The summed E-state index contributed by atoms with van der Waals surface area (Å²) in [6.07, 6.45) is 7.61. The zero-order chi connectivity index (χ0) is 10.8. The van der Waals surface area contributed by atoms with Crippen molar-refractivity contribution in [1.82, 2.24) is 4.90 Å². The van der Waals surface area contributed by atoms with Crippen LogP contribution in [-0.2, 0) is 4.79 Å². The molecule has 1 saturated heterocycles. The predicted molar refractivity (Wildman–Crippen MR) is 62.0 cm³/mol. The van der Waals surface area contributed by atoms with Crippen molar-refractivity contribution in [2.24, 2.45) is 5.92 Å². The Kier molecular flexibility index (Phi) is 3.55. The fourth-order valence-corrected chi connectivity index (χ4v) is 3.25. The van der Waals surface area contributed by atoms with Crippen LogP contribution >= 0.6 is 11.6 Å². The van der Waals surface area contributed by atoms with E-state index in [4.69, 9.17) is 11.6 Å². The van der Waals surface area contributed by atoms with E-state index in [2.05, 4.69) is 4.90 Å². The molecule has 3 atom stereocenters. The summed E-state index contributed by atoms with van der Waals surface area (Å²) in [5, 5.41) is -0.356. The number of nitrogens with zero attached hydrogens (tertiary/aromatic N) is 1. The van der Waals surface area contributed by atoms with Crippen molar-refractivity contribution < 1.29 is 4.79 Å². The first-order valence-corrected chi connectivity index (χ1v) is 6.58. The van der Waals surface area contributed by atoms with Crippen LogP contribution < -0.4 is 0 Å². The molecular formula is C12H20ClNO. The van der Waals surface area contributed by atoms with E-state index in [0.29, 0.717) is 6.04 Å². The minimum absolute atomic E-state index is 0.147. The van der Waals surface area contributed by atoms with Crippen molar-refractivity contribution >= 4 is 17.5 Å². The van der Waals surface area contributed by atoms with E-state index in [0.717, 1.165) is 18.9 Å². The zero-order valence-electron chi connectivity index (χ0n) is 9.42. The van der Waals surface area contributed by atoms with Gasteiger partial charge in [0.1, 0.15) is 5.38 Å². The number of piperidine rings is 1. The van der Waals surface area contributed by atoms with Gasteiger partial charge >= 0.3 is 0 Å². The second kappa shape index (κ2) is 4.73. The van der Waals surface area contributed by atoms with Crippen molar-refractivity contribution in [2.45, 2.75) is 56.9 Å². The lowest BCUT2D eigenvalue weighted by atomic mass is 9.78. The Morgan fingerprint density at radius 1 is 1.27 bits per heavy atom. The quantitative estimate of drug-likeness (QED) is 0.634. The Balaban J connectivity index is 2.06. The number of amides is 1. The van der Waals surface area contributed by atoms with Gasteiger partial charge in [0.25, 0.3) is 0 Å². The van der Waals surface area contributed by atoms with Gasteiger partial charge in [-0.25, -0.2) is 0 Å². The first-order chi connectivity index (χ1) is 7.20. The Labute approximate surface area is 97.0 Å². The molecule has 1 heterocycles. The highest BCUT2D eigenvalue weighted by Crippen LogP contribution is 2.35. The zero-order valence-corrected chi connectivity index (χ0v) is 10.2. The van der Waals surface area contributed by atoms with Crippen LogP contribution in [0, 0.1) is 5.92 Å². The number of alkyl halides is 1. The van der Waals surface area contributed by atoms with Crippen LogP contribution in [0.5, 0.6) is 0 Å². The standard InChI is InChI=1S/C12H20ClNO/c1-9(13)12(15)14-8-4-6-10-5-2-3-7-11(10)14/h9-11H,2-8H2,1H3/t9-,10-,11-/m0/s1. The molecule has 2 aliphatic rings. The molecule has 0 radical (unpaired) electrons. The van der Waals surface area contributed by atoms with Gasteiger partial charge in [0.2, 0.25) is 5.91 Å². The van der Waals surface area contributed by atoms with Crippen molar-refractivity contribution in [3.05, 3.63) is 0 Å². The molecule has 3 heteroatoms. The van der Waals surface area contributed by atoms with Gasteiger partial charge in [0.05, 0.1) is 0 Å². The average molecular weight is 230 g/mol. The smallest absolute Gasteiger partial charge is 0.240 e. The number of halogens is 1. The number of hydrogen-bond acceptors (Lipinski definition) is 1. The Bertz CT molecular complexity index is 240. The van der Waals surface area contributed by atoms with Gasteiger partial charge in [0, 0.05) is 12.6 Å². The van der Waals surface area contributed by atoms with Gasteiger partial charge in [0.15, 0.2) is 0 Å². The van der Waals surface area contributed by atoms with Crippen molar-refractivity contribution in [2.75, 3.05) is 6.54 Å². The monoisotopic (exact) mass is 229 g/mol. The first-order valence-electron chi connectivity index (χ1n) is 6.14. The molecule has 0 bridgehead atoms. The van der Waals surface area contributed by atoms with Crippen LogP contribution in [0.3, 0.4) is 0 Å². The molecule has 2 rings (SSSR count). The lowest BCUT2D eigenvalue weighted by molar-refractivity contribution is -0.136. The maximum atomic E-state index is 11.9. The number of likely N-dealkylation sites (tertiary alicyclic amines) is 1. The molecule has 86 valence electrons. The molecule has 1 saturated carbocycles. The fraction of sp³-hybridized carbons (Fsp3) is 0.917. The number of carbonyl (C=O) groups excluding carboxylic acids is 1. The van der Waals surface area contributed by atoms with Gasteiger partial charge in [-0.05, 0) is 38.5 Å². The third-order valence-electron chi connectivity index (χ3n) is 3.87. The largest absolute Gasteiger partial charge is 0.338 e.